The number of hydrogen-bond acceptors (Lipinski definition) is 4. The van der Waals surface area contributed by atoms with E-state index in [-0.39, 0.29) is 12.2 Å². The largest absolute Gasteiger partial charge is 0.469 e. The van der Waals surface area contributed by atoms with Crippen LogP contribution in [-0.4, -0.2) is 28.8 Å². The molecule has 3 aromatic rings. The fourth-order valence-electron chi connectivity index (χ4n) is 3.85. The van der Waals surface area contributed by atoms with Crippen molar-refractivity contribution in [2.24, 2.45) is 5.92 Å². The van der Waals surface area contributed by atoms with Crippen LogP contribution in [0.1, 0.15) is 33.6 Å². The van der Waals surface area contributed by atoms with Crippen molar-refractivity contribution < 1.29 is 18.7 Å². The van der Waals surface area contributed by atoms with Crippen molar-refractivity contribution in [2.75, 3.05) is 7.11 Å². The van der Waals surface area contributed by atoms with Crippen LogP contribution in [0.5, 0.6) is 0 Å². The molecular weight excluding hydrogens is 359 g/mol. The first kappa shape index (κ1) is 18.1. The number of halogens is 1. The molecule has 1 aliphatic rings. The van der Waals surface area contributed by atoms with Crippen LogP contribution in [0, 0.1) is 11.7 Å². The monoisotopic (exact) mass is 378 g/mol. The summed E-state index contributed by atoms with van der Waals surface area (Å²) < 4.78 is 19.3. The number of benzene rings is 1. The van der Waals surface area contributed by atoms with Gasteiger partial charge in [0, 0.05) is 42.3 Å². The van der Waals surface area contributed by atoms with Gasteiger partial charge in [-0.05, 0) is 17.2 Å². The number of methoxy groups -OCH3 is 1. The number of fused-ring (bicyclic) bond motifs is 1. The Morgan fingerprint density at radius 2 is 2.04 bits per heavy atom. The minimum atomic E-state index is -0.525. The van der Waals surface area contributed by atoms with Crippen LogP contribution in [-0.2, 0) is 22.4 Å². The Hall–Kier alpha value is -3.28. The predicted octanol–water partition coefficient (Wildman–Crippen LogP) is 3.72. The van der Waals surface area contributed by atoms with Crippen molar-refractivity contribution in [1.29, 1.82) is 0 Å². The summed E-state index contributed by atoms with van der Waals surface area (Å²) in [5.41, 5.74) is 3.91. The molecule has 2 aromatic heterocycles. The molecule has 0 saturated carbocycles. The molecule has 0 fully saturated rings. The third-order valence-electron chi connectivity index (χ3n) is 5.14. The Kier molecular flexibility index (Phi) is 4.77. The summed E-state index contributed by atoms with van der Waals surface area (Å²) in [6.07, 6.45) is 3.61. The fourth-order valence-corrected chi connectivity index (χ4v) is 3.85. The van der Waals surface area contributed by atoms with Crippen LogP contribution < -0.4 is 0 Å². The number of Topliss-reactive ketones (excluding diaryl/α,β-unsaturated/α-hetero) is 1. The number of nitrogens with zero attached hydrogens (tertiary/aromatic N) is 1. The molecule has 2 heterocycles. The van der Waals surface area contributed by atoms with Crippen molar-refractivity contribution in [3.05, 3.63) is 77.0 Å². The molecule has 1 aromatic carbocycles. The molecule has 1 aliphatic carbocycles. The molecular formula is C22H19FN2O3. The SMILES string of the molecule is COC(=O)C1CC(=O)c2c([nH]c(-c3ccncc3F)c2Cc2ccccc2)C1. The first-order valence-corrected chi connectivity index (χ1v) is 9.07. The lowest BCUT2D eigenvalue weighted by Gasteiger charge is -2.19. The van der Waals surface area contributed by atoms with Gasteiger partial charge in [0.1, 0.15) is 0 Å². The maximum absolute atomic E-state index is 14.5. The molecule has 4 rings (SSSR count). The number of hydrogen-bond donors (Lipinski definition) is 1. The van der Waals surface area contributed by atoms with Gasteiger partial charge >= 0.3 is 5.97 Å². The number of H-pyrrole nitrogens is 1. The van der Waals surface area contributed by atoms with E-state index >= 15 is 0 Å². The number of nitrogens with one attached hydrogen (secondary N) is 1. The zero-order valence-corrected chi connectivity index (χ0v) is 15.4. The highest BCUT2D eigenvalue weighted by atomic mass is 19.1. The van der Waals surface area contributed by atoms with Crippen LogP contribution in [0.2, 0.25) is 0 Å². The topological polar surface area (TPSA) is 72.1 Å². The molecule has 142 valence electrons. The third kappa shape index (κ3) is 3.22. The second-order valence-electron chi connectivity index (χ2n) is 6.90. The highest BCUT2D eigenvalue weighted by molar-refractivity contribution is 6.03. The quantitative estimate of drug-likeness (QED) is 0.703. The predicted molar refractivity (Wildman–Crippen MR) is 101 cm³/mol. The minimum Gasteiger partial charge on any atom is -0.469 e. The van der Waals surface area contributed by atoms with E-state index in [0.29, 0.717) is 35.4 Å². The Labute approximate surface area is 161 Å². The Bertz CT molecular complexity index is 1040. The van der Waals surface area contributed by atoms with Gasteiger partial charge in [-0.3, -0.25) is 14.6 Å². The van der Waals surface area contributed by atoms with Gasteiger partial charge in [0.2, 0.25) is 0 Å². The molecule has 0 saturated heterocycles. The maximum Gasteiger partial charge on any atom is 0.309 e. The van der Waals surface area contributed by atoms with Gasteiger partial charge in [-0.15, -0.1) is 0 Å². The van der Waals surface area contributed by atoms with E-state index in [1.54, 1.807) is 6.07 Å². The molecule has 0 amide bonds. The number of ether oxygens (including phenoxy) is 1. The van der Waals surface area contributed by atoms with Gasteiger partial charge in [0.25, 0.3) is 0 Å². The Balaban J connectivity index is 1.86. The van der Waals surface area contributed by atoms with Crippen molar-refractivity contribution in [3.63, 3.8) is 0 Å². The molecule has 1 atom stereocenters. The molecule has 0 radical (unpaired) electrons. The average Bonchev–Trinajstić information content (AvgIpc) is 3.07. The second-order valence-corrected chi connectivity index (χ2v) is 6.90. The molecule has 0 bridgehead atoms. The third-order valence-corrected chi connectivity index (χ3v) is 5.14. The van der Waals surface area contributed by atoms with Gasteiger partial charge in [-0.2, -0.15) is 0 Å². The lowest BCUT2D eigenvalue weighted by atomic mass is 9.84. The van der Waals surface area contributed by atoms with E-state index in [1.807, 2.05) is 30.3 Å². The van der Waals surface area contributed by atoms with E-state index in [0.717, 1.165) is 17.3 Å². The first-order chi connectivity index (χ1) is 13.6. The lowest BCUT2D eigenvalue weighted by molar-refractivity contribution is -0.145. The molecule has 0 aliphatic heterocycles. The van der Waals surface area contributed by atoms with Gasteiger partial charge in [0.05, 0.1) is 24.9 Å². The fraction of sp³-hybridized carbons (Fsp3) is 0.227. The lowest BCUT2D eigenvalue weighted by Crippen LogP contribution is -2.27. The van der Waals surface area contributed by atoms with Crippen LogP contribution in [0.15, 0.2) is 48.8 Å². The number of carbonyl (C=O) groups is 2. The van der Waals surface area contributed by atoms with E-state index in [1.165, 1.54) is 13.3 Å². The summed E-state index contributed by atoms with van der Waals surface area (Å²) >= 11 is 0. The van der Waals surface area contributed by atoms with Crippen LogP contribution in [0.4, 0.5) is 4.39 Å². The maximum atomic E-state index is 14.5. The molecule has 1 unspecified atom stereocenters. The molecule has 28 heavy (non-hydrogen) atoms. The van der Waals surface area contributed by atoms with Crippen LogP contribution >= 0.6 is 0 Å². The standard InChI is InChI=1S/C22H19FN2O3/c1-28-22(27)14-10-18-20(19(26)11-14)16(9-13-5-3-2-4-6-13)21(25-18)15-7-8-24-12-17(15)23/h2-8,12,14,25H,9-11H2,1H3. The van der Waals surface area contributed by atoms with Gasteiger partial charge in [-0.1, -0.05) is 30.3 Å². The number of esters is 1. The summed E-state index contributed by atoms with van der Waals surface area (Å²) in [6.45, 7) is 0. The van der Waals surface area contributed by atoms with Crippen LogP contribution in [0.3, 0.4) is 0 Å². The van der Waals surface area contributed by atoms with E-state index in [2.05, 4.69) is 9.97 Å². The number of ketones is 1. The number of carbonyl (C=O) groups excluding carboxylic acids is 2. The van der Waals surface area contributed by atoms with Gasteiger partial charge in [0.15, 0.2) is 11.6 Å². The average molecular weight is 378 g/mol. The smallest absolute Gasteiger partial charge is 0.309 e. The number of aromatic amines is 1. The highest BCUT2D eigenvalue weighted by Gasteiger charge is 2.35. The first-order valence-electron chi connectivity index (χ1n) is 9.07. The molecule has 5 nitrogen and oxygen atoms in total. The van der Waals surface area contributed by atoms with Crippen LogP contribution in [0.25, 0.3) is 11.3 Å². The van der Waals surface area contributed by atoms with Crippen molar-refractivity contribution in [2.45, 2.75) is 19.3 Å². The molecule has 0 spiro atoms. The van der Waals surface area contributed by atoms with Crippen molar-refractivity contribution in [1.82, 2.24) is 9.97 Å². The zero-order valence-electron chi connectivity index (χ0n) is 15.4. The number of aromatic nitrogens is 2. The Morgan fingerprint density at radius 3 is 2.75 bits per heavy atom. The van der Waals surface area contributed by atoms with Gasteiger partial charge < -0.3 is 9.72 Å². The summed E-state index contributed by atoms with van der Waals surface area (Å²) in [6, 6.07) is 11.3. The van der Waals surface area contributed by atoms with Crippen molar-refractivity contribution in [3.8, 4) is 11.3 Å². The van der Waals surface area contributed by atoms with E-state index in [9.17, 15) is 14.0 Å². The van der Waals surface area contributed by atoms with E-state index in [4.69, 9.17) is 4.74 Å². The second kappa shape index (κ2) is 7.38. The number of rotatable bonds is 4. The summed E-state index contributed by atoms with van der Waals surface area (Å²) in [5.74, 6) is -1.52. The minimum absolute atomic E-state index is 0.0948. The summed E-state index contributed by atoms with van der Waals surface area (Å²) in [7, 11) is 1.32. The normalized spacial score (nSPS) is 15.9. The van der Waals surface area contributed by atoms with Crippen molar-refractivity contribution >= 4 is 11.8 Å². The highest BCUT2D eigenvalue weighted by Crippen LogP contribution is 2.37. The molecule has 1 N–H and O–H groups in total. The number of pyridine rings is 1. The van der Waals surface area contributed by atoms with Gasteiger partial charge in [-0.25, -0.2) is 4.39 Å². The Morgan fingerprint density at radius 1 is 1.25 bits per heavy atom. The summed E-state index contributed by atoms with van der Waals surface area (Å²) in [4.78, 5) is 31.9. The van der Waals surface area contributed by atoms with E-state index < -0.39 is 17.7 Å². The molecule has 6 heteroatoms. The summed E-state index contributed by atoms with van der Waals surface area (Å²) in [5, 5.41) is 0. The zero-order chi connectivity index (χ0) is 19.7.